The number of nitrogens with one attached hydrogen (secondary N) is 1. The fraction of sp³-hybridized carbons (Fsp3) is 0.238. The third-order valence-corrected chi connectivity index (χ3v) is 6.32. The molecule has 0 radical (unpaired) electrons. The summed E-state index contributed by atoms with van der Waals surface area (Å²) in [4.78, 5) is 15.8. The fourth-order valence-electron chi connectivity index (χ4n) is 3.10. The van der Waals surface area contributed by atoms with Crippen LogP contribution in [-0.2, 0) is 29.4 Å². The number of nitrogens with zero attached hydrogens (tertiary/aromatic N) is 2. The lowest BCUT2D eigenvalue weighted by molar-refractivity contribution is 0.0685. The van der Waals surface area contributed by atoms with E-state index in [1.807, 2.05) is 12.1 Å². The number of hydrogen-bond donors (Lipinski definition) is 2. The third-order valence-electron chi connectivity index (χ3n) is 4.59. The average molecular weight is 448 g/mol. The monoisotopic (exact) mass is 447 g/mol. The highest BCUT2D eigenvalue weighted by Crippen LogP contribution is 2.15. The van der Waals surface area contributed by atoms with Gasteiger partial charge in [-0.2, -0.15) is 0 Å². The second-order valence-electron chi connectivity index (χ2n) is 6.80. The Hall–Kier alpha value is -2.68. The van der Waals surface area contributed by atoms with Crippen LogP contribution in [0, 0.1) is 0 Å². The minimum atomic E-state index is -3.65. The summed E-state index contributed by atoms with van der Waals surface area (Å²) in [5.41, 5.74) is 2.04. The summed E-state index contributed by atoms with van der Waals surface area (Å²) in [6, 6.07) is 11.3. The van der Waals surface area contributed by atoms with Gasteiger partial charge >= 0.3 is 5.97 Å². The van der Waals surface area contributed by atoms with Crippen LogP contribution >= 0.6 is 11.6 Å². The van der Waals surface area contributed by atoms with Crippen molar-refractivity contribution in [3.8, 4) is 0 Å². The zero-order chi connectivity index (χ0) is 21.6. The predicted octanol–water partition coefficient (Wildman–Crippen LogP) is 3.39. The van der Waals surface area contributed by atoms with Gasteiger partial charge in [-0.15, -0.1) is 0 Å². The van der Waals surface area contributed by atoms with E-state index >= 15 is 0 Å². The number of hydrogen-bond acceptors (Lipinski definition) is 4. The molecule has 0 saturated heterocycles. The zero-order valence-corrected chi connectivity index (χ0v) is 17.7. The van der Waals surface area contributed by atoms with Gasteiger partial charge in [0.15, 0.2) is 0 Å². The summed E-state index contributed by atoms with van der Waals surface area (Å²) < 4.78 is 28.9. The second kappa shape index (κ2) is 9.88. The maximum Gasteiger partial charge on any atom is 0.352 e. The number of aryl methyl sites for hydroxylation is 2. The quantitative estimate of drug-likeness (QED) is 0.496. The Kier molecular flexibility index (Phi) is 7.25. The number of halogens is 1. The summed E-state index contributed by atoms with van der Waals surface area (Å²) in [5.74, 6) is -1.01. The number of carboxylic acids is 1. The van der Waals surface area contributed by atoms with Crippen LogP contribution in [0.3, 0.4) is 0 Å². The lowest BCUT2D eigenvalue weighted by Gasteiger charge is -2.07. The molecule has 3 aromatic rings. The molecule has 2 N–H and O–H groups in total. The first-order chi connectivity index (χ1) is 14.3. The normalized spacial score (nSPS) is 11.5. The maximum absolute atomic E-state index is 12.3. The maximum atomic E-state index is 12.3. The molecule has 0 bridgehead atoms. The minimum absolute atomic E-state index is 0.131. The Bertz CT molecular complexity index is 1100. The number of carboxylic acid groups (broad SMARTS) is 1. The molecule has 1 aromatic carbocycles. The van der Waals surface area contributed by atoms with Gasteiger partial charge in [-0.1, -0.05) is 17.7 Å². The number of rotatable bonds is 10. The first-order valence-corrected chi connectivity index (χ1v) is 11.3. The highest BCUT2D eigenvalue weighted by molar-refractivity contribution is 7.89. The molecule has 7 nitrogen and oxygen atoms in total. The number of pyridine rings is 1. The lowest BCUT2D eigenvalue weighted by Crippen LogP contribution is -2.25. The molecule has 0 saturated carbocycles. The summed E-state index contributed by atoms with van der Waals surface area (Å²) in [5, 5.41) is 9.93. The molecular formula is C21H22ClN3O4S. The first kappa shape index (κ1) is 22.0. The van der Waals surface area contributed by atoms with Crippen LogP contribution in [0.4, 0.5) is 0 Å². The Morgan fingerprint density at radius 3 is 2.57 bits per heavy atom. The highest BCUT2D eigenvalue weighted by atomic mass is 35.5. The highest BCUT2D eigenvalue weighted by Gasteiger charge is 2.15. The van der Waals surface area contributed by atoms with Crippen molar-refractivity contribution in [3.05, 3.63) is 82.9 Å². The summed E-state index contributed by atoms with van der Waals surface area (Å²) in [6.45, 7) is 0.705. The van der Waals surface area contributed by atoms with Crippen LogP contribution in [0.15, 0.2) is 66.0 Å². The van der Waals surface area contributed by atoms with Crippen molar-refractivity contribution in [1.29, 1.82) is 0 Å². The van der Waals surface area contributed by atoms with Gasteiger partial charge < -0.3 is 9.67 Å². The summed E-state index contributed by atoms with van der Waals surface area (Å²) >= 11 is 5.79. The fourth-order valence-corrected chi connectivity index (χ4v) is 4.26. The van der Waals surface area contributed by atoms with Crippen molar-refractivity contribution in [2.45, 2.75) is 30.7 Å². The van der Waals surface area contributed by atoms with Gasteiger partial charge in [-0.05, 0) is 66.8 Å². The third kappa shape index (κ3) is 5.91. The molecule has 0 aliphatic rings. The topological polar surface area (TPSA) is 101 Å². The molecule has 158 valence electrons. The second-order valence-corrected chi connectivity index (χ2v) is 9.00. The molecule has 0 fully saturated rings. The molecule has 0 aliphatic heterocycles. The Labute approximate surface area is 180 Å². The van der Waals surface area contributed by atoms with E-state index in [4.69, 9.17) is 11.6 Å². The van der Waals surface area contributed by atoms with Crippen molar-refractivity contribution < 1.29 is 18.3 Å². The van der Waals surface area contributed by atoms with E-state index in [-0.39, 0.29) is 17.1 Å². The van der Waals surface area contributed by atoms with Crippen LogP contribution < -0.4 is 4.72 Å². The molecule has 0 amide bonds. The van der Waals surface area contributed by atoms with E-state index in [0.717, 1.165) is 24.0 Å². The lowest BCUT2D eigenvalue weighted by atomic mass is 10.1. The standard InChI is InChI=1S/C21H22ClN3O4S/c22-18-5-7-19(8-6-18)30(28,29)24-11-9-17-13-20(21(26)27)25(15-17)12-2-4-16-3-1-10-23-14-16/h1,3,5-8,10,13-15,24H,2,4,9,11-12H2,(H,26,27). The van der Waals surface area contributed by atoms with Crippen LogP contribution in [0.2, 0.25) is 5.02 Å². The Morgan fingerprint density at radius 2 is 1.90 bits per heavy atom. The van der Waals surface area contributed by atoms with Crippen LogP contribution in [0.5, 0.6) is 0 Å². The van der Waals surface area contributed by atoms with Crippen molar-refractivity contribution in [1.82, 2.24) is 14.3 Å². The number of sulfonamides is 1. The van der Waals surface area contributed by atoms with Crippen molar-refractivity contribution in [2.75, 3.05) is 6.54 Å². The smallest absolute Gasteiger partial charge is 0.352 e. The minimum Gasteiger partial charge on any atom is -0.477 e. The number of benzene rings is 1. The van der Waals surface area contributed by atoms with E-state index in [9.17, 15) is 18.3 Å². The van der Waals surface area contributed by atoms with Crippen molar-refractivity contribution in [3.63, 3.8) is 0 Å². The van der Waals surface area contributed by atoms with Gasteiger partial charge in [-0.25, -0.2) is 17.9 Å². The molecule has 30 heavy (non-hydrogen) atoms. The van der Waals surface area contributed by atoms with E-state index in [1.165, 1.54) is 24.3 Å². The molecular weight excluding hydrogens is 426 g/mol. The van der Waals surface area contributed by atoms with E-state index in [1.54, 1.807) is 29.2 Å². The van der Waals surface area contributed by atoms with Crippen molar-refractivity contribution >= 4 is 27.6 Å². The predicted molar refractivity (Wildman–Crippen MR) is 114 cm³/mol. The van der Waals surface area contributed by atoms with Crippen molar-refractivity contribution in [2.24, 2.45) is 0 Å². The Balaban J connectivity index is 1.59. The number of aromatic nitrogens is 2. The van der Waals surface area contributed by atoms with E-state index in [2.05, 4.69) is 9.71 Å². The molecule has 9 heteroatoms. The average Bonchev–Trinajstić information content (AvgIpc) is 3.12. The molecule has 3 rings (SSSR count). The van der Waals surface area contributed by atoms with Gasteiger partial charge in [0.05, 0.1) is 4.90 Å². The molecule has 0 aliphatic carbocycles. The molecule has 2 heterocycles. The van der Waals surface area contributed by atoms with Crippen LogP contribution in [-0.4, -0.2) is 35.6 Å². The largest absolute Gasteiger partial charge is 0.477 e. The van der Waals surface area contributed by atoms with Gasteiger partial charge in [0, 0.05) is 36.7 Å². The van der Waals surface area contributed by atoms with Gasteiger partial charge in [0.1, 0.15) is 5.69 Å². The molecule has 0 unspecified atom stereocenters. The SMILES string of the molecule is O=C(O)c1cc(CCNS(=O)(=O)c2ccc(Cl)cc2)cn1CCCc1cccnc1. The summed E-state index contributed by atoms with van der Waals surface area (Å²) in [6.07, 6.45) is 7.22. The van der Waals surface area contributed by atoms with Gasteiger partial charge in [0.25, 0.3) is 0 Å². The number of carbonyl (C=O) groups is 1. The zero-order valence-electron chi connectivity index (χ0n) is 16.2. The van der Waals surface area contributed by atoms with Crippen LogP contribution in [0.1, 0.15) is 28.0 Å². The van der Waals surface area contributed by atoms with Crippen LogP contribution in [0.25, 0.3) is 0 Å². The van der Waals surface area contributed by atoms with Gasteiger partial charge in [0.2, 0.25) is 10.0 Å². The van der Waals surface area contributed by atoms with Gasteiger partial charge in [-0.3, -0.25) is 4.98 Å². The number of aromatic carboxylic acids is 1. The Morgan fingerprint density at radius 1 is 1.13 bits per heavy atom. The molecule has 2 aromatic heterocycles. The molecule has 0 atom stereocenters. The van der Waals surface area contributed by atoms with E-state index < -0.39 is 16.0 Å². The summed E-state index contributed by atoms with van der Waals surface area (Å²) in [7, 11) is -3.65. The van der Waals surface area contributed by atoms with E-state index in [0.29, 0.717) is 18.0 Å². The molecule has 0 spiro atoms. The first-order valence-electron chi connectivity index (χ1n) is 9.41.